The lowest BCUT2D eigenvalue weighted by Gasteiger charge is -2.28. The van der Waals surface area contributed by atoms with Crippen LogP contribution in [0.4, 0.5) is 0 Å². The van der Waals surface area contributed by atoms with E-state index in [1.54, 1.807) is 0 Å². The van der Waals surface area contributed by atoms with E-state index in [0.717, 1.165) is 52.8 Å². The highest BCUT2D eigenvalue weighted by molar-refractivity contribution is 6.05. The molecule has 1 aromatic carbocycles. The molecule has 0 atom stereocenters. The molecule has 110 valence electrons. The third-order valence-electron chi connectivity index (χ3n) is 4.58. The summed E-state index contributed by atoms with van der Waals surface area (Å²) in [5, 5.41) is 10.5. The maximum atomic E-state index is 11.8. The summed E-state index contributed by atoms with van der Waals surface area (Å²) in [6.07, 6.45) is 0.826. The van der Waals surface area contributed by atoms with Crippen molar-refractivity contribution in [3.05, 3.63) is 40.1 Å². The predicted molar refractivity (Wildman–Crippen MR) is 82.8 cm³/mol. The first kappa shape index (κ1) is 14.0. The first-order valence-electron chi connectivity index (χ1n) is 7.40. The molecule has 3 rings (SSSR count). The topological polar surface area (TPSA) is 53.4 Å². The monoisotopic (exact) mass is 284 g/mol. The molecule has 4 heteroatoms. The van der Waals surface area contributed by atoms with Crippen LogP contribution in [-0.4, -0.2) is 34.0 Å². The van der Waals surface area contributed by atoms with Crippen LogP contribution in [0.3, 0.4) is 0 Å². The maximum absolute atomic E-state index is 11.8. The van der Waals surface area contributed by atoms with Gasteiger partial charge in [0.1, 0.15) is 0 Å². The van der Waals surface area contributed by atoms with Gasteiger partial charge < -0.3 is 5.11 Å². The number of nitrogens with zero attached hydrogens (tertiary/aromatic N) is 2. The zero-order valence-electron chi connectivity index (χ0n) is 12.7. The summed E-state index contributed by atoms with van der Waals surface area (Å²) in [6, 6.07) is 3.89. The minimum atomic E-state index is -0.847. The van der Waals surface area contributed by atoms with Crippen LogP contribution in [-0.2, 0) is 13.0 Å². The molecule has 0 unspecified atom stereocenters. The average molecular weight is 284 g/mol. The minimum absolute atomic E-state index is 0.441. The number of aromatic nitrogens is 1. The van der Waals surface area contributed by atoms with Crippen molar-refractivity contribution in [2.24, 2.45) is 0 Å². The highest BCUT2D eigenvalue weighted by atomic mass is 16.4. The van der Waals surface area contributed by atoms with Gasteiger partial charge in [-0.2, -0.15) is 0 Å². The number of rotatable bonds is 2. The van der Waals surface area contributed by atoms with Crippen LogP contribution in [0.1, 0.15) is 39.7 Å². The van der Waals surface area contributed by atoms with Crippen LogP contribution in [0.25, 0.3) is 10.9 Å². The van der Waals surface area contributed by atoms with Crippen molar-refractivity contribution < 1.29 is 9.90 Å². The van der Waals surface area contributed by atoms with Gasteiger partial charge in [-0.05, 0) is 31.5 Å². The summed E-state index contributed by atoms with van der Waals surface area (Å²) in [5.41, 5.74) is 5.37. The largest absolute Gasteiger partial charge is 0.478 e. The Hall–Kier alpha value is -1.94. The molecule has 1 N–H and O–H groups in total. The number of hydrogen-bond acceptors (Lipinski definition) is 3. The Morgan fingerprint density at radius 1 is 1.38 bits per heavy atom. The highest BCUT2D eigenvalue weighted by Gasteiger charge is 2.25. The fourth-order valence-corrected chi connectivity index (χ4v) is 3.11. The average Bonchev–Trinajstić information content (AvgIpc) is 2.48. The number of fused-ring (bicyclic) bond motifs is 2. The normalized spacial score (nSPS) is 15.2. The zero-order valence-corrected chi connectivity index (χ0v) is 12.7. The quantitative estimate of drug-likeness (QED) is 0.921. The summed E-state index contributed by atoms with van der Waals surface area (Å²) in [7, 11) is 0. The first-order chi connectivity index (χ1) is 10.0. The summed E-state index contributed by atoms with van der Waals surface area (Å²) in [6.45, 7) is 8.73. The van der Waals surface area contributed by atoms with Gasteiger partial charge in [-0.1, -0.05) is 19.1 Å². The smallest absolute Gasteiger partial charge is 0.336 e. The van der Waals surface area contributed by atoms with Crippen LogP contribution >= 0.6 is 0 Å². The molecule has 0 spiro atoms. The van der Waals surface area contributed by atoms with Crippen LogP contribution in [0, 0.1) is 13.8 Å². The van der Waals surface area contributed by atoms with E-state index < -0.39 is 5.97 Å². The molecule has 0 radical (unpaired) electrons. The van der Waals surface area contributed by atoms with Gasteiger partial charge in [-0.3, -0.25) is 9.88 Å². The minimum Gasteiger partial charge on any atom is -0.478 e. The van der Waals surface area contributed by atoms with Gasteiger partial charge in [0.05, 0.1) is 11.1 Å². The molecular weight excluding hydrogens is 264 g/mol. The molecular formula is C17H20N2O2. The highest BCUT2D eigenvalue weighted by Crippen LogP contribution is 2.30. The van der Waals surface area contributed by atoms with Crippen LogP contribution in [0.15, 0.2) is 12.1 Å². The van der Waals surface area contributed by atoms with Gasteiger partial charge in [0.2, 0.25) is 0 Å². The number of benzene rings is 1. The lowest BCUT2D eigenvalue weighted by atomic mass is 9.93. The van der Waals surface area contributed by atoms with E-state index in [-0.39, 0.29) is 0 Å². The molecule has 0 saturated carbocycles. The Kier molecular flexibility index (Phi) is 3.41. The van der Waals surface area contributed by atoms with E-state index in [2.05, 4.69) is 11.8 Å². The first-order valence-corrected chi connectivity index (χ1v) is 7.40. The van der Waals surface area contributed by atoms with Gasteiger partial charge in [0.25, 0.3) is 0 Å². The van der Waals surface area contributed by atoms with E-state index in [0.29, 0.717) is 12.1 Å². The van der Waals surface area contributed by atoms with Crippen molar-refractivity contribution in [2.45, 2.75) is 33.7 Å². The summed E-state index contributed by atoms with van der Waals surface area (Å²) in [4.78, 5) is 18.9. The van der Waals surface area contributed by atoms with Gasteiger partial charge in [0.15, 0.2) is 0 Å². The third-order valence-corrected chi connectivity index (χ3v) is 4.58. The van der Waals surface area contributed by atoms with Crippen LogP contribution in [0.2, 0.25) is 0 Å². The fourth-order valence-electron chi connectivity index (χ4n) is 3.11. The Morgan fingerprint density at radius 3 is 2.81 bits per heavy atom. The van der Waals surface area contributed by atoms with Crippen molar-refractivity contribution in [1.29, 1.82) is 0 Å². The number of hydrogen-bond donors (Lipinski definition) is 1. The Bertz CT molecular complexity index is 737. The zero-order chi connectivity index (χ0) is 15.1. The lowest BCUT2D eigenvalue weighted by Crippen LogP contribution is -2.32. The second-order valence-electron chi connectivity index (χ2n) is 5.74. The maximum Gasteiger partial charge on any atom is 0.336 e. The molecule has 0 fully saturated rings. The molecule has 4 nitrogen and oxygen atoms in total. The van der Waals surface area contributed by atoms with Gasteiger partial charge >= 0.3 is 5.97 Å². The second-order valence-corrected chi connectivity index (χ2v) is 5.74. The summed E-state index contributed by atoms with van der Waals surface area (Å²) in [5.74, 6) is -0.847. The summed E-state index contributed by atoms with van der Waals surface area (Å²) < 4.78 is 0. The van der Waals surface area contributed by atoms with Crippen molar-refractivity contribution in [3.8, 4) is 0 Å². The third kappa shape index (κ3) is 2.20. The van der Waals surface area contributed by atoms with Crippen LogP contribution in [0.5, 0.6) is 0 Å². The van der Waals surface area contributed by atoms with Crippen LogP contribution < -0.4 is 0 Å². The summed E-state index contributed by atoms with van der Waals surface area (Å²) >= 11 is 0. The molecule has 0 amide bonds. The molecule has 2 aromatic rings. The van der Waals surface area contributed by atoms with E-state index in [9.17, 15) is 9.90 Å². The number of aryl methyl sites for hydroxylation is 2. The molecule has 0 aliphatic carbocycles. The van der Waals surface area contributed by atoms with E-state index in [4.69, 9.17) is 4.98 Å². The number of likely N-dealkylation sites (N-methyl/N-ethyl adjacent to an activating group) is 1. The SMILES string of the molecule is CCN1CCc2nc3c(C)c(C)ccc3c(C(=O)O)c2C1. The molecule has 1 aromatic heterocycles. The second kappa shape index (κ2) is 5.11. The van der Waals surface area contributed by atoms with E-state index in [1.165, 1.54) is 0 Å². The van der Waals surface area contributed by atoms with Gasteiger partial charge in [0, 0.05) is 36.2 Å². The van der Waals surface area contributed by atoms with Gasteiger partial charge in [-0.25, -0.2) is 4.79 Å². The van der Waals surface area contributed by atoms with E-state index >= 15 is 0 Å². The fraction of sp³-hybridized carbons (Fsp3) is 0.412. The predicted octanol–water partition coefficient (Wildman–Crippen LogP) is 2.93. The molecule has 2 heterocycles. The standard InChI is InChI=1S/C17H20N2O2/c1-4-19-8-7-14-13(9-19)15(17(20)21)12-6-5-10(2)11(3)16(12)18-14/h5-6H,4,7-9H2,1-3H3,(H,20,21). The molecule has 21 heavy (non-hydrogen) atoms. The molecule has 1 aliphatic rings. The Labute approximate surface area is 124 Å². The number of carboxylic acid groups (broad SMARTS) is 1. The van der Waals surface area contributed by atoms with Gasteiger partial charge in [-0.15, -0.1) is 0 Å². The number of pyridine rings is 1. The van der Waals surface area contributed by atoms with Crippen molar-refractivity contribution in [3.63, 3.8) is 0 Å². The molecule has 0 saturated heterocycles. The molecule has 0 bridgehead atoms. The van der Waals surface area contributed by atoms with Crippen molar-refractivity contribution >= 4 is 16.9 Å². The molecule has 1 aliphatic heterocycles. The van der Waals surface area contributed by atoms with E-state index in [1.807, 2.05) is 26.0 Å². The van der Waals surface area contributed by atoms with Crippen molar-refractivity contribution in [1.82, 2.24) is 9.88 Å². The number of carbonyl (C=O) groups is 1. The lowest BCUT2D eigenvalue weighted by molar-refractivity contribution is 0.0695. The Morgan fingerprint density at radius 2 is 2.14 bits per heavy atom. The number of carboxylic acids is 1. The Balaban J connectivity index is 2.34. The number of aromatic carboxylic acids is 1. The van der Waals surface area contributed by atoms with Crippen molar-refractivity contribution in [2.75, 3.05) is 13.1 Å².